The van der Waals surface area contributed by atoms with Crippen molar-refractivity contribution in [3.8, 4) is 11.1 Å². The van der Waals surface area contributed by atoms with Gasteiger partial charge in [-0.2, -0.15) is 0 Å². The Hall–Kier alpha value is -3.53. The Bertz CT molecular complexity index is 1440. The molecule has 40 heavy (non-hydrogen) atoms. The van der Waals surface area contributed by atoms with Crippen LogP contribution in [-0.4, -0.2) is 33.0 Å². The van der Waals surface area contributed by atoms with Gasteiger partial charge < -0.3 is 25.4 Å². The van der Waals surface area contributed by atoms with Gasteiger partial charge in [-0.3, -0.25) is 0 Å². The minimum Gasteiger partial charge on any atom is -0.478 e. The molecule has 5 rings (SSSR count). The van der Waals surface area contributed by atoms with Crippen molar-refractivity contribution < 1.29 is 24.5 Å². The molecule has 8 heteroatoms. The fraction of sp³-hybridized carbons (Fsp3) is 0.250. The van der Waals surface area contributed by atoms with Crippen molar-refractivity contribution in [3.05, 3.63) is 119 Å². The van der Waals surface area contributed by atoms with E-state index >= 15 is 0 Å². The smallest absolute Gasteiger partial charge is 0.338 e. The van der Waals surface area contributed by atoms with E-state index in [1.54, 1.807) is 18.3 Å². The van der Waals surface area contributed by atoms with E-state index in [4.69, 9.17) is 15.2 Å². The van der Waals surface area contributed by atoms with E-state index in [0.29, 0.717) is 17.3 Å². The summed E-state index contributed by atoms with van der Waals surface area (Å²) >= 11 is 1.37. The van der Waals surface area contributed by atoms with Crippen molar-refractivity contribution in [1.82, 2.24) is 4.98 Å². The number of nitrogens with zero attached hydrogens (tertiary/aromatic N) is 1. The molecule has 0 radical (unpaired) electrons. The van der Waals surface area contributed by atoms with Gasteiger partial charge in [0.2, 0.25) is 0 Å². The second-order valence-electron chi connectivity index (χ2n) is 9.78. The van der Waals surface area contributed by atoms with Crippen LogP contribution in [0.5, 0.6) is 0 Å². The first-order valence-corrected chi connectivity index (χ1v) is 14.2. The Morgan fingerprint density at radius 1 is 0.950 bits per heavy atom. The quantitative estimate of drug-likeness (QED) is 0.216. The molecule has 1 saturated heterocycles. The van der Waals surface area contributed by atoms with Crippen LogP contribution in [0, 0.1) is 5.92 Å². The summed E-state index contributed by atoms with van der Waals surface area (Å²) in [5.74, 6) is -0.533. The molecule has 3 aromatic carbocycles. The molecule has 4 atom stereocenters. The lowest BCUT2D eigenvalue weighted by molar-refractivity contribution is -0.268. The molecule has 1 aliphatic rings. The summed E-state index contributed by atoms with van der Waals surface area (Å²) in [4.78, 5) is 16.0. The third kappa shape index (κ3) is 6.11. The van der Waals surface area contributed by atoms with Gasteiger partial charge in [-0.05, 0) is 39.9 Å². The van der Waals surface area contributed by atoms with Crippen LogP contribution in [0.15, 0.2) is 96.2 Å². The van der Waals surface area contributed by atoms with Gasteiger partial charge in [0.25, 0.3) is 0 Å². The van der Waals surface area contributed by atoms with Crippen LogP contribution in [0.1, 0.15) is 51.9 Å². The van der Waals surface area contributed by atoms with E-state index in [0.717, 1.165) is 33.4 Å². The van der Waals surface area contributed by atoms with Crippen LogP contribution in [0.2, 0.25) is 0 Å². The molecule has 0 spiro atoms. The van der Waals surface area contributed by atoms with Gasteiger partial charge in [-0.15, -0.1) is 11.8 Å². The molecule has 4 aromatic rings. The average Bonchev–Trinajstić information content (AvgIpc) is 3.00. The van der Waals surface area contributed by atoms with Gasteiger partial charge in [0.05, 0.1) is 24.4 Å². The average molecular weight is 557 g/mol. The van der Waals surface area contributed by atoms with E-state index in [-0.39, 0.29) is 30.3 Å². The van der Waals surface area contributed by atoms with Crippen LogP contribution in [0.25, 0.3) is 11.1 Å². The number of aromatic nitrogens is 1. The largest absolute Gasteiger partial charge is 0.478 e. The predicted molar refractivity (Wildman–Crippen MR) is 155 cm³/mol. The lowest BCUT2D eigenvalue weighted by atomic mass is 9.91. The van der Waals surface area contributed by atoms with Gasteiger partial charge in [0, 0.05) is 30.0 Å². The summed E-state index contributed by atoms with van der Waals surface area (Å²) in [6.45, 7) is 2.51. The van der Waals surface area contributed by atoms with E-state index < -0.39 is 12.3 Å². The highest BCUT2D eigenvalue weighted by molar-refractivity contribution is 7.99. The van der Waals surface area contributed by atoms with Gasteiger partial charge in [0.15, 0.2) is 6.29 Å². The van der Waals surface area contributed by atoms with Crippen LogP contribution in [0.4, 0.5) is 0 Å². The normalized spacial score (nSPS) is 20.8. The SMILES string of the molecule is CC1C(CSc2ncccc2C(=O)O)OC(c2ccc(-c3ccccc3CN)cc2)OC1c1ccc(CO)cc1. The number of hydrogen-bond acceptors (Lipinski definition) is 7. The van der Waals surface area contributed by atoms with Crippen LogP contribution >= 0.6 is 11.8 Å². The molecule has 0 aliphatic carbocycles. The lowest BCUT2D eigenvalue weighted by Crippen LogP contribution is -2.38. The molecule has 0 amide bonds. The number of carboxylic acid groups (broad SMARTS) is 1. The zero-order chi connectivity index (χ0) is 28.1. The maximum Gasteiger partial charge on any atom is 0.338 e. The number of benzene rings is 3. The monoisotopic (exact) mass is 556 g/mol. The van der Waals surface area contributed by atoms with E-state index in [9.17, 15) is 15.0 Å². The fourth-order valence-corrected chi connectivity index (χ4v) is 6.09. The lowest BCUT2D eigenvalue weighted by Gasteiger charge is -2.41. The number of carboxylic acids is 1. The van der Waals surface area contributed by atoms with Crippen molar-refractivity contribution in [2.24, 2.45) is 11.7 Å². The number of aliphatic hydroxyl groups is 1. The molecule has 0 bridgehead atoms. The summed E-state index contributed by atoms with van der Waals surface area (Å²) in [5.41, 5.74) is 12.1. The minimum atomic E-state index is -1.01. The Balaban J connectivity index is 1.42. The summed E-state index contributed by atoms with van der Waals surface area (Å²) in [6, 6.07) is 27.2. The topological polar surface area (TPSA) is 115 Å². The number of carbonyl (C=O) groups is 1. The van der Waals surface area contributed by atoms with Crippen LogP contribution in [-0.2, 0) is 22.6 Å². The Kier molecular flexibility index (Phi) is 8.94. The van der Waals surface area contributed by atoms with E-state index in [1.807, 2.05) is 54.6 Å². The number of rotatable bonds is 9. The molecule has 206 valence electrons. The third-order valence-electron chi connectivity index (χ3n) is 7.24. The molecule has 1 aromatic heterocycles. The van der Waals surface area contributed by atoms with Crippen molar-refractivity contribution in [2.45, 2.75) is 43.6 Å². The number of aliphatic hydroxyl groups excluding tert-OH is 1. The zero-order valence-electron chi connectivity index (χ0n) is 22.1. The summed E-state index contributed by atoms with van der Waals surface area (Å²) < 4.78 is 13.1. The van der Waals surface area contributed by atoms with Crippen LogP contribution in [0.3, 0.4) is 0 Å². The highest BCUT2D eigenvalue weighted by Crippen LogP contribution is 2.43. The molecule has 4 unspecified atom stereocenters. The maximum absolute atomic E-state index is 11.7. The third-order valence-corrected chi connectivity index (χ3v) is 8.33. The highest BCUT2D eigenvalue weighted by atomic mass is 32.2. The second kappa shape index (κ2) is 12.8. The van der Waals surface area contributed by atoms with Gasteiger partial charge in [-0.25, -0.2) is 9.78 Å². The van der Waals surface area contributed by atoms with Gasteiger partial charge in [0.1, 0.15) is 5.03 Å². The molecule has 1 aliphatic heterocycles. The standard InChI is InChI=1S/C32H32N2O5S/c1-20-28(19-40-30-27(31(36)37)7-4-16-34-30)38-32(39-29(20)23-10-8-21(18-35)9-11-23)24-14-12-22(13-15-24)26-6-3-2-5-25(26)17-33/h2-16,20,28-29,32,35H,17-19,33H2,1H3,(H,36,37). The molecule has 7 nitrogen and oxygen atoms in total. The predicted octanol–water partition coefficient (Wildman–Crippen LogP) is 5.98. The van der Waals surface area contributed by atoms with E-state index in [1.165, 1.54) is 11.8 Å². The number of hydrogen-bond donors (Lipinski definition) is 3. The van der Waals surface area contributed by atoms with Crippen molar-refractivity contribution in [2.75, 3.05) is 5.75 Å². The molecular formula is C32H32N2O5S. The number of pyridine rings is 1. The first kappa shape index (κ1) is 28.0. The van der Waals surface area contributed by atoms with Crippen molar-refractivity contribution in [3.63, 3.8) is 0 Å². The molecule has 4 N–H and O–H groups in total. The Morgan fingerprint density at radius 3 is 2.38 bits per heavy atom. The zero-order valence-corrected chi connectivity index (χ0v) is 23.0. The molecule has 1 fully saturated rings. The maximum atomic E-state index is 11.7. The first-order chi connectivity index (χ1) is 19.5. The molecular weight excluding hydrogens is 524 g/mol. The van der Waals surface area contributed by atoms with Gasteiger partial charge in [-0.1, -0.05) is 79.7 Å². The van der Waals surface area contributed by atoms with Crippen LogP contribution < -0.4 is 5.73 Å². The second-order valence-corrected chi connectivity index (χ2v) is 10.8. The number of ether oxygens (including phenoxy) is 2. The first-order valence-electron chi connectivity index (χ1n) is 13.2. The fourth-order valence-electron chi connectivity index (χ4n) is 4.94. The van der Waals surface area contributed by atoms with Crippen molar-refractivity contribution >= 4 is 17.7 Å². The van der Waals surface area contributed by atoms with Gasteiger partial charge >= 0.3 is 5.97 Å². The number of nitrogens with two attached hydrogens (primary N) is 1. The Morgan fingerprint density at radius 2 is 1.68 bits per heavy atom. The number of thioether (sulfide) groups is 1. The van der Waals surface area contributed by atoms with Crippen molar-refractivity contribution in [1.29, 1.82) is 0 Å². The molecule has 0 saturated carbocycles. The minimum absolute atomic E-state index is 0.0258. The highest BCUT2D eigenvalue weighted by Gasteiger charge is 2.38. The molecule has 2 heterocycles. The summed E-state index contributed by atoms with van der Waals surface area (Å²) in [7, 11) is 0. The Labute approximate surface area is 238 Å². The summed E-state index contributed by atoms with van der Waals surface area (Å²) in [6.07, 6.45) is 0.470. The summed E-state index contributed by atoms with van der Waals surface area (Å²) in [5, 5.41) is 19.5. The number of aromatic carboxylic acids is 1. The van der Waals surface area contributed by atoms with E-state index in [2.05, 4.69) is 30.1 Å².